The van der Waals surface area contributed by atoms with E-state index in [2.05, 4.69) is 10.6 Å². The number of rotatable bonds is 9. The summed E-state index contributed by atoms with van der Waals surface area (Å²) in [6.45, 7) is 0. The molecule has 0 unspecified atom stereocenters. The first-order valence-electron chi connectivity index (χ1n) is 10.1. The number of nitro groups is 5. The van der Waals surface area contributed by atoms with Crippen LogP contribution in [0.4, 0.5) is 39.8 Å². The zero-order chi connectivity index (χ0) is 29.0. The molecule has 0 aliphatic heterocycles. The summed E-state index contributed by atoms with van der Waals surface area (Å²) < 4.78 is 0. The van der Waals surface area contributed by atoms with Crippen molar-refractivity contribution in [3.63, 3.8) is 0 Å². The van der Waals surface area contributed by atoms with Crippen LogP contribution in [-0.4, -0.2) is 36.4 Å². The van der Waals surface area contributed by atoms with Gasteiger partial charge in [-0.3, -0.25) is 60.2 Å². The number of non-ortho nitro benzene ring substituents is 4. The number of benzene rings is 3. The molecule has 0 atom stereocenters. The average molecular weight is 541 g/mol. The third kappa shape index (κ3) is 6.24. The van der Waals surface area contributed by atoms with E-state index in [1.807, 2.05) is 0 Å². The highest BCUT2D eigenvalue weighted by Gasteiger charge is 2.24. The SMILES string of the molecule is O=C(Nc1ccc([N+](=O)[O-])c(NC(=O)c2cc([N+](=O)[O-])cc([N+](=O)[O-])c2)c1)c1cc([N+](=O)[O-])cc([N+](=O)[O-])c1. The second kappa shape index (κ2) is 10.7. The first kappa shape index (κ1) is 27.2. The van der Waals surface area contributed by atoms with Gasteiger partial charge in [-0.1, -0.05) is 0 Å². The fraction of sp³-hybridized carbons (Fsp3) is 0. The molecule has 2 N–H and O–H groups in total. The quantitative estimate of drug-likeness (QED) is 0.289. The molecule has 3 rings (SSSR count). The van der Waals surface area contributed by atoms with Crippen molar-refractivity contribution >= 4 is 51.6 Å². The van der Waals surface area contributed by atoms with Crippen LogP contribution in [0.25, 0.3) is 0 Å². The maximum absolute atomic E-state index is 12.7. The minimum absolute atomic E-state index is 0.208. The highest BCUT2D eigenvalue weighted by Crippen LogP contribution is 2.30. The number of nitrogens with one attached hydrogen (secondary N) is 2. The molecular formula is C20H11N7O12. The zero-order valence-electron chi connectivity index (χ0n) is 18.8. The number of carbonyl (C=O) groups is 2. The summed E-state index contributed by atoms with van der Waals surface area (Å²) in [7, 11) is 0. The van der Waals surface area contributed by atoms with Crippen LogP contribution in [0.15, 0.2) is 54.6 Å². The van der Waals surface area contributed by atoms with Gasteiger partial charge in [-0.2, -0.15) is 0 Å². The van der Waals surface area contributed by atoms with Crippen LogP contribution < -0.4 is 10.6 Å². The number of carbonyl (C=O) groups excluding carboxylic acids is 2. The van der Waals surface area contributed by atoms with E-state index in [-0.39, 0.29) is 5.69 Å². The molecule has 198 valence electrons. The van der Waals surface area contributed by atoms with E-state index in [9.17, 15) is 60.2 Å². The molecule has 2 amide bonds. The van der Waals surface area contributed by atoms with Crippen LogP contribution >= 0.6 is 0 Å². The smallest absolute Gasteiger partial charge is 0.292 e. The molecule has 0 aliphatic rings. The molecule has 0 spiro atoms. The van der Waals surface area contributed by atoms with Crippen molar-refractivity contribution in [2.75, 3.05) is 10.6 Å². The van der Waals surface area contributed by atoms with E-state index < -0.39 is 81.7 Å². The van der Waals surface area contributed by atoms with Gasteiger partial charge >= 0.3 is 0 Å². The number of anilines is 2. The monoisotopic (exact) mass is 541 g/mol. The van der Waals surface area contributed by atoms with Crippen molar-refractivity contribution in [3.8, 4) is 0 Å². The van der Waals surface area contributed by atoms with E-state index in [1.54, 1.807) is 0 Å². The van der Waals surface area contributed by atoms with Gasteiger partial charge in [-0.15, -0.1) is 0 Å². The van der Waals surface area contributed by atoms with Gasteiger partial charge in [0.25, 0.3) is 40.3 Å². The normalized spacial score (nSPS) is 10.3. The van der Waals surface area contributed by atoms with Gasteiger partial charge in [0.2, 0.25) is 0 Å². The molecule has 0 fully saturated rings. The van der Waals surface area contributed by atoms with Gasteiger partial charge in [-0.25, -0.2) is 0 Å². The van der Waals surface area contributed by atoms with Crippen LogP contribution in [0.2, 0.25) is 0 Å². The summed E-state index contributed by atoms with van der Waals surface area (Å²) in [5, 5.41) is 60.0. The Morgan fingerprint density at radius 1 is 0.513 bits per heavy atom. The Balaban J connectivity index is 1.97. The first-order valence-corrected chi connectivity index (χ1v) is 10.1. The van der Waals surface area contributed by atoms with Gasteiger partial charge < -0.3 is 10.6 Å². The Labute approximate surface area is 213 Å². The number of nitrogens with zero attached hydrogens (tertiary/aromatic N) is 5. The predicted molar refractivity (Wildman–Crippen MR) is 129 cm³/mol. The number of nitro benzene ring substituents is 5. The third-order valence-electron chi connectivity index (χ3n) is 4.87. The largest absolute Gasteiger partial charge is 0.322 e. The summed E-state index contributed by atoms with van der Waals surface area (Å²) in [4.78, 5) is 76.3. The predicted octanol–water partition coefficient (Wildman–Crippen LogP) is 3.73. The average Bonchev–Trinajstić information content (AvgIpc) is 2.87. The minimum atomic E-state index is -1.21. The number of hydrogen-bond acceptors (Lipinski definition) is 12. The van der Waals surface area contributed by atoms with Gasteiger partial charge in [0.05, 0.1) is 47.9 Å². The van der Waals surface area contributed by atoms with Crippen LogP contribution in [0.5, 0.6) is 0 Å². The third-order valence-corrected chi connectivity index (χ3v) is 4.87. The van der Waals surface area contributed by atoms with Gasteiger partial charge in [0, 0.05) is 36.0 Å². The fourth-order valence-electron chi connectivity index (χ4n) is 3.15. The second-order valence-corrected chi connectivity index (χ2v) is 7.40. The van der Waals surface area contributed by atoms with Gasteiger partial charge in [0.15, 0.2) is 0 Å². The van der Waals surface area contributed by atoms with E-state index >= 15 is 0 Å². The molecule has 0 aromatic heterocycles. The first-order chi connectivity index (χ1) is 18.3. The molecule has 3 aromatic carbocycles. The van der Waals surface area contributed by atoms with Crippen molar-refractivity contribution in [2.45, 2.75) is 0 Å². The molecule has 0 heterocycles. The molecule has 19 heteroatoms. The molecule has 0 aliphatic carbocycles. The van der Waals surface area contributed by atoms with Crippen LogP contribution in [0, 0.1) is 50.6 Å². The minimum Gasteiger partial charge on any atom is -0.322 e. The Morgan fingerprint density at radius 2 is 0.897 bits per heavy atom. The van der Waals surface area contributed by atoms with Crippen molar-refractivity contribution in [3.05, 3.63) is 116 Å². The lowest BCUT2D eigenvalue weighted by Crippen LogP contribution is -2.16. The molecule has 0 saturated carbocycles. The molecule has 0 bridgehead atoms. The number of hydrogen-bond donors (Lipinski definition) is 2. The Kier molecular flexibility index (Phi) is 7.46. The molecule has 0 saturated heterocycles. The number of amides is 2. The maximum Gasteiger partial charge on any atom is 0.292 e. The van der Waals surface area contributed by atoms with Crippen molar-refractivity contribution in [1.29, 1.82) is 0 Å². The lowest BCUT2D eigenvalue weighted by molar-refractivity contribution is -0.394. The van der Waals surface area contributed by atoms with Gasteiger partial charge in [-0.05, 0) is 12.1 Å². The second-order valence-electron chi connectivity index (χ2n) is 7.40. The highest BCUT2D eigenvalue weighted by molar-refractivity contribution is 6.08. The molecular weight excluding hydrogens is 530 g/mol. The molecule has 0 radical (unpaired) electrons. The highest BCUT2D eigenvalue weighted by atomic mass is 16.6. The summed E-state index contributed by atoms with van der Waals surface area (Å²) in [5.41, 5.74) is -5.62. The zero-order valence-corrected chi connectivity index (χ0v) is 18.8. The van der Waals surface area contributed by atoms with Crippen molar-refractivity contribution in [2.24, 2.45) is 0 Å². The van der Waals surface area contributed by atoms with E-state index in [0.717, 1.165) is 30.3 Å². The summed E-state index contributed by atoms with van der Waals surface area (Å²) in [5.74, 6) is -2.29. The maximum atomic E-state index is 12.7. The van der Waals surface area contributed by atoms with Crippen molar-refractivity contribution < 1.29 is 34.2 Å². The topological polar surface area (TPSA) is 274 Å². The van der Waals surface area contributed by atoms with Crippen LogP contribution in [0.3, 0.4) is 0 Å². The van der Waals surface area contributed by atoms with E-state index in [1.165, 1.54) is 0 Å². The standard InChI is InChI=1S/C20H11N7O12/c28-19(10-3-13(23(30)31)8-14(4-10)24(32)33)21-12-1-2-18(27(38)39)17(7-12)22-20(29)11-5-15(25(34)35)9-16(6-11)26(36)37/h1-9H,(H,21,28)(H,22,29). The summed E-state index contributed by atoms with van der Waals surface area (Å²) in [6, 6.07) is 6.93. The molecule has 39 heavy (non-hydrogen) atoms. The lowest BCUT2D eigenvalue weighted by Gasteiger charge is -2.10. The molecule has 3 aromatic rings. The van der Waals surface area contributed by atoms with Crippen LogP contribution in [0.1, 0.15) is 20.7 Å². The van der Waals surface area contributed by atoms with Crippen molar-refractivity contribution in [1.82, 2.24) is 0 Å². The van der Waals surface area contributed by atoms with E-state index in [0.29, 0.717) is 24.3 Å². The summed E-state index contributed by atoms with van der Waals surface area (Å²) in [6.07, 6.45) is 0. The Morgan fingerprint density at radius 3 is 1.26 bits per heavy atom. The lowest BCUT2D eigenvalue weighted by atomic mass is 10.1. The fourth-order valence-corrected chi connectivity index (χ4v) is 3.15. The van der Waals surface area contributed by atoms with Gasteiger partial charge in [0.1, 0.15) is 5.69 Å². The Hall–Kier alpha value is -6.40. The summed E-state index contributed by atoms with van der Waals surface area (Å²) >= 11 is 0. The van der Waals surface area contributed by atoms with E-state index in [4.69, 9.17) is 0 Å². The Bertz CT molecular complexity index is 1540. The molecule has 19 nitrogen and oxygen atoms in total. The van der Waals surface area contributed by atoms with Crippen LogP contribution in [-0.2, 0) is 0 Å².